The van der Waals surface area contributed by atoms with Crippen molar-refractivity contribution in [2.45, 2.75) is 44.3 Å². The predicted octanol–water partition coefficient (Wildman–Crippen LogP) is 5.76. The number of ether oxygens (including phenoxy) is 2. The highest BCUT2D eigenvalue weighted by atomic mass is 32.1. The standard InChI is InChI=1S/C35H37FN8O3S/c1-6-29(45)44-14-12-27(28(44)19-46-5)43(7-2)34-24-15-20(17-37)23(22-10-11-25(36)32-30(22)31(39-3)33(38)48-32)16-26(24)40-35(41-34)47-18-21-9-8-13-42(21)4/h6,10-11,15-16,21,27-28H,1,7-9,12-14,18-19,38H2,2,4-5H3/t21-,27?,28+/m0/s1. The van der Waals surface area contributed by atoms with E-state index in [0.29, 0.717) is 71.5 Å². The molecule has 6 rings (SSSR count). The lowest BCUT2D eigenvalue weighted by Crippen LogP contribution is -2.49. The summed E-state index contributed by atoms with van der Waals surface area (Å²) < 4.78 is 27.1. The van der Waals surface area contributed by atoms with Gasteiger partial charge in [0, 0.05) is 42.6 Å². The Morgan fingerprint density at radius 1 is 1.29 bits per heavy atom. The Bertz CT molecular complexity index is 1980. The van der Waals surface area contributed by atoms with E-state index in [1.807, 2.05) is 6.92 Å². The summed E-state index contributed by atoms with van der Waals surface area (Å²) in [5.41, 5.74) is 8.13. The van der Waals surface area contributed by atoms with Crippen molar-refractivity contribution >= 4 is 54.7 Å². The maximum Gasteiger partial charge on any atom is 0.319 e. The summed E-state index contributed by atoms with van der Waals surface area (Å²) in [6.45, 7) is 16.3. The molecule has 1 unspecified atom stereocenters. The number of methoxy groups -OCH3 is 1. The molecule has 0 saturated carbocycles. The van der Waals surface area contributed by atoms with Crippen LogP contribution in [-0.2, 0) is 9.53 Å². The van der Waals surface area contributed by atoms with E-state index >= 15 is 0 Å². The Morgan fingerprint density at radius 2 is 2.10 bits per heavy atom. The Labute approximate surface area is 282 Å². The third kappa shape index (κ3) is 5.79. The molecular weight excluding hydrogens is 632 g/mol. The number of carbonyl (C=O) groups is 1. The zero-order chi connectivity index (χ0) is 34.1. The van der Waals surface area contributed by atoms with Gasteiger partial charge in [-0.15, -0.1) is 11.3 Å². The predicted molar refractivity (Wildman–Crippen MR) is 186 cm³/mol. The molecule has 1 amide bonds. The summed E-state index contributed by atoms with van der Waals surface area (Å²) in [6.07, 6.45) is 4.09. The van der Waals surface area contributed by atoms with E-state index in [1.54, 1.807) is 30.2 Å². The van der Waals surface area contributed by atoms with Gasteiger partial charge in [-0.05, 0) is 69.6 Å². The van der Waals surface area contributed by atoms with Crippen LogP contribution < -0.4 is 15.4 Å². The van der Waals surface area contributed by atoms with E-state index in [1.165, 1.54) is 12.1 Å². The number of likely N-dealkylation sites (N-methyl/N-ethyl adjacent to an activating group) is 2. The van der Waals surface area contributed by atoms with Crippen molar-refractivity contribution in [2.24, 2.45) is 0 Å². The molecule has 2 aliphatic rings. The molecule has 11 nitrogen and oxygen atoms in total. The van der Waals surface area contributed by atoms with E-state index in [-0.39, 0.29) is 45.4 Å². The van der Waals surface area contributed by atoms with Crippen molar-refractivity contribution in [3.63, 3.8) is 0 Å². The molecule has 2 aliphatic heterocycles. The number of likely N-dealkylation sites (tertiary alicyclic amines) is 2. The zero-order valence-corrected chi connectivity index (χ0v) is 28.0. The number of amides is 1. The number of benzene rings is 2. The molecule has 2 fully saturated rings. The van der Waals surface area contributed by atoms with Gasteiger partial charge in [-0.25, -0.2) is 9.24 Å². The lowest BCUT2D eigenvalue weighted by Gasteiger charge is -2.35. The topological polar surface area (TPSA) is 125 Å². The smallest absolute Gasteiger partial charge is 0.319 e. The number of nitrogens with zero attached hydrogens (tertiary/aromatic N) is 7. The van der Waals surface area contributed by atoms with Crippen LogP contribution in [0.3, 0.4) is 0 Å². The lowest BCUT2D eigenvalue weighted by atomic mass is 9.94. The maximum absolute atomic E-state index is 15.0. The molecule has 0 radical (unpaired) electrons. The van der Waals surface area contributed by atoms with Gasteiger partial charge >= 0.3 is 6.01 Å². The third-order valence-electron chi connectivity index (χ3n) is 9.50. The van der Waals surface area contributed by atoms with Crippen molar-refractivity contribution in [2.75, 3.05) is 57.6 Å². The molecule has 48 heavy (non-hydrogen) atoms. The minimum Gasteiger partial charge on any atom is -0.462 e. The fourth-order valence-electron chi connectivity index (χ4n) is 7.11. The number of anilines is 2. The van der Waals surface area contributed by atoms with Gasteiger partial charge in [-0.2, -0.15) is 15.2 Å². The van der Waals surface area contributed by atoms with Crippen LogP contribution >= 0.6 is 11.3 Å². The minimum absolute atomic E-state index is 0.150. The summed E-state index contributed by atoms with van der Waals surface area (Å²) in [5, 5.41) is 11.7. The molecule has 4 aromatic rings. The van der Waals surface area contributed by atoms with Crippen LogP contribution in [0.25, 0.3) is 37.0 Å². The largest absolute Gasteiger partial charge is 0.462 e. The minimum atomic E-state index is -0.485. The molecule has 2 saturated heterocycles. The van der Waals surface area contributed by atoms with Gasteiger partial charge < -0.3 is 29.9 Å². The van der Waals surface area contributed by atoms with E-state index in [9.17, 15) is 14.4 Å². The van der Waals surface area contributed by atoms with Gasteiger partial charge in [-0.3, -0.25) is 4.79 Å². The fraction of sp³-hybridized carbons (Fsp3) is 0.400. The second-order valence-electron chi connectivity index (χ2n) is 12.1. The lowest BCUT2D eigenvalue weighted by molar-refractivity contribution is -0.127. The number of hydrogen-bond donors (Lipinski definition) is 1. The molecule has 3 atom stereocenters. The molecule has 13 heteroatoms. The van der Waals surface area contributed by atoms with E-state index < -0.39 is 5.82 Å². The summed E-state index contributed by atoms with van der Waals surface area (Å²) in [7, 11) is 3.69. The van der Waals surface area contributed by atoms with Crippen LogP contribution in [-0.4, -0.2) is 90.8 Å². The Hall–Kier alpha value is -4.82. The number of halogens is 1. The number of carbonyl (C=O) groups excluding carboxylic acids is 1. The van der Waals surface area contributed by atoms with Gasteiger partial charge in [-0.1, -0.05) is 12.6 Å². The average molecular weight is 669 g/mol. The number of rotatable bonds is 10. The van der Waals surface area contributed by atoms with Crippen molar-refractivity contribution < 1.29 is 18.7 Å². The molecule has 2 aromatic heterocycles. The van der Waals surface area contributed by atoms with Gasteiger partial charge in [0.2, 0.25) is 11.6 Å². The molecule has 0 bridgehead atoms. The van der Waals surface area contributed by atoms with Crippen LogP contribution in [0.5, 0.6) is 6.01 Å². The van der Waals surface area contributed by atoms with E-state index in [0.717, 1.165) is 30.7 Å². The molecule has 0 aliphatic carbocycles. The molecule has 2 aromatic carbocycles. The van der Waals surface area contributed by atoms with Crippen molar-refractivity contribution in [3.05, 3.63) is 59.7 Å². The number of thiophene rings is 1. The number of nitriles is 1. The van der Waals surface area contributed by atoms with Crippen LogP contribution in [0, 0.1) is 23.7 Å². The molecule has 2 N–H and O–H groups in total. The van der Waals surface area contributed by atoms with Gasteiger partial charge in [0.05, 0.1) is 52.1 Å². The monoisotopic (exact) mass is 668 g/mol. The third-order valence-corrected chi connectivity index (χ3v) is 10.5. The van der Waals surface area contributed by atoms with Crippen LogP contribution in [0.15, 0.2) is 36.9 Å². The maximum atomic E-state index is 15.0. The van der Waals surface area contributed by atoms with Crippen LogP contribution in [0.2, 0.25) is 0 Å². The summed E-state index contributed by atoms with van der Waals surface area (Å²) >= 11 is 1.01. The Kier molecular flexibility index (Phi) is 9.47. The molecule has 248 valence electrons. The number of nitrogens with two attached hydrogens (primary N) is 1. The summed E-state index contributed by atoms with van der Waals surface area (Å²) in [6, 6.07) is 8.75. The first kappa shape index (κ1) is 33.1. The second kappa shape index (κ2) is 13.7. The highest BCUT2D eigenvalue weighted by molar-refractivity contribution is 7.23. The van der Waals surface area contributed by atoms with Gasteiger partial charge in [0.1, 0.15) is 18.2 Å². The quantitative estimate of drug-likeness (QED) is 0.166. The number of nitrogen functional groups attached to an aromatic ring is 1. The second-order valence-corrected chi connectivity index (χ2v) is 13.1. The number of fused-ring (bicyclic) bond motifs is 2. The van der Waals surface area contributed by atoms with Crippen molar-refractivity contribution in [1.29, 1.82) is 5.26 Å². The summed E-state index contributed by atoms with van der Waals surface area (Å²) in [5.74, 6) is -0.0745. The number of aromatic nitrogens is 2. The van der Waals surface area contributed by atoms with Crippen molar-refractivity contribution in [1.82, 2.24) is 19.8 Å². The normalized spacial score (nSPS) is 19.5. The van der Waals surface area contributed by atoms with Gasteiger partial charge in [0.15, 0.2) is 0 Å². The van der Waals surface area contributed by atoms with Crippen molar-refractivity contribution in [3.8, 4) is 23.2 Å². The highest BCUT2D eigenvalue weighted by Gasteiger charge is 2.40. The first-order valence-corrected chi connectivity index (χ1v) is 16.7. The molecular formula is C35H37FN8O3S. The highest BCUT2D eigenvalue weighted by Crippen LogP contribution is 2.47. The van der Waals surface area contributed by atoms with E-state index in [4.69, 9.17) is 31.7 Å². The summed E-state index contributed by atoms with van der Waals surface area (Å²) in [4.78, 5) is 32.4. The van der Waals surface area contributed by atoms with Crippen LogP contribution in [0.1, 0.15) is 31.7 Å². The first-order valence-electron chi connectivity index (χ1n) is 15.9. The molecule has 4 heterocycles. The first-order chi connectivity index (χ1) is 23.2. The van der Waals surface area contributed by atoms with Crippen LogP contribution in [0.4, 0.5) is 20.9 Å². The number of hydrogen-bond acceptors (Lipinski definition) is 10. The Morgan fingerprint density at radius 3 is 2.77 bits per heavy atom. The average Bonchev–Trinajstić information content (AvgIpc) is 3.80. The zero-order valence-electron chi connectivity index (χ0n) is 27.2. The Balaban J connectivity index is 1.54. The fourth-order valence-corrected chi connectivity index (χ4v) is 8.05. The van der Waals surface area contributed by atoms with Gasteiger partial charge in [0.25, 0.3) is 0 Å². The SMILES string of the molecule is [C-]#[N+]c1c(N)sc2c(F)ccc(-c3cc4nc(OC[C@@H]5CCCN5C)nc(N(CC)C5CCN(C(=O)C=C)[C@@H]5COC)c4cc3C#N)c12. The van der Waals surface area contributed by atoms with E-state index in [2.05, 4.69) is 34.3 Å². The molecule has 0 spiro atoms.